The van der Waals surface area contributed by atoms with Gasteiger partial charge in [-0.05, 0) is 41.5 Å². The molecule has 6 nitrogen and oxygen atoms in total. The summed E-state index contributed by atoms with van der Waals surface area (Å²) in [5, 5.41) is 7.99. The van der Waals surface area contributed by atoms with Gasteiger partial charge in [0.15, 0.2) is 5.13 Å². The van der Waals surface area contributed by atoms with Crippen LogP contribution in [0, 0.1) is 0 Å². The first kappa shape index (κ1) is 17.9. The number of nitrogens with zero attached hydrogens (tertiary/aromatic N) is 1. The summed E-state index contributed by atoms with van der Waals surface area (Å²) in [7, 11) is 1.60. The Labute approximate surface area is 165 Å². The molecule has 140 valence electrons. The highest BCUT2D eigenvalue weighted by Crippen LogP contribution is 2.30. The van der Waals surface area contributed by atoms with Crippen LogP contribution in [0.5, 0.6) is 5.75 Å². The molecule has 4 rings (SSSR count). The number of thiazole rings is 1. The van der Waals surface area contributed by atoms with Crippen molar-refractivity contribution in [3.8, 4) is 17.0 Å². The molecule has 0 saturated carbocycles. The molecule has 2 amide bonds. The van der Waals surface area contributed by atoms with Crippen LogP contribution in [0.3, 0.4) is 0 Å². The number of benzene rings is 2. The number of hydrogen-bond donors (Lipinski definition) is 2. The summed E-state index contributed by atoms with van der Waals surface area (Å²) in [5.74, 6) is 0.479. The van der Waals surface area contributed by atoms with Crippen LogP contribution in [-0.2, 0) is 16.0 Å². The first-order valence-corrected chi connectivity index (χ1v) is 9.50. The zero-order chi connectivity index (χ0) is 19.5. The van der Waals surface area contributed by atoms with Crippen molar-refractivity contribution in [2.75, 3.05) is 17.7 Å². The number of hydrogen-bond acceptors (Lipinski definition) is 5. The summed E-state index contributed by atoms with van der Waals surface area (Å²) in [6.45, 7) is 0. The number of carbonyl (C=O) groups excluding carboxylic acids is 2. The predicted molar refractivity (Wildman–Crippen MR) is 111 cm³/mol. The molecular weight excluding hydrogens is 374 g/mol. The maximum atomic E-state index is 12.2. The molecule has 0 atom stereocenters. The third-order valence-corrected chi connectivity index (χ3v) is 5.04. The maximum absolute atomic E-state index is 12.2. The fourth-order valence-electron chi connectivity index (χ4n) is 2.92. The molecule has 0 fully saturated rings. The van der Waals surface area contributed by atoms with E-state index in [0.717, 1.165) is 33.8 Å². The fourth-order valence-corrected chi connectivity index (χ4v) is 3.64. The number of carbonyl (C=O) groups is 2. The molecular formula is C21H17N3O3S. The first-order valence-electron chi connectivity index (χ1n) is 8.62. The van der Waals surface area contributed by atoms with Crippen LogP contribution < -0.4 is 15.4 Å². The zero-order valence-corrected chi connectivity index (χ0v) is 15.9. The molecule has 3 aromatic rings. The van der Waals surface area contributed by atoms with Gasteiger partial charge in [0.25, 0.3) is 0 Å². The maximum Gasteiger partial charge on any atom is 0.250 e. The number of rotatable bonds is 5. The molecule has 0 bridgehead atoms. The Morgan fingerprint density at radius 3 is 3.04 bits per heavy atom. The van der Waals surface area contributed by atoms with E-state index in [1.807, 2.05) is 47.8 Å². The lowest BCUT2D eigenvalue weighted by Crippen LogP contribution is -2.07. The van der Waals surface area contributed by atoms with E-state index in [2.05, 4.69) is 15.6 Å². The van der Waals surface area contributed by atoms with Crippen LogP contribution in [0.25, 0.3) is 17.3 Å². The molecule has 0 aliphatic carbocycles. The van der Waals surface area contributed by atoms with E-state index < -0.39 is 0 Å². The molecule has 0 saturated heterocycles. The van der Waals surface area contributed by atoms with E-state index in [4.69, 9.17) is 4.74 Å². The van der Waals surface area contributed by atoms with Crippen molar-refractivity contribution in [3.05, 3.63) is 65.0 Å². The Kier molecular flexibility index (Phi) is 4.90. The highest BCUT2D eigenvalue weighted by atomic mass is 32.1. The molecule has 1 aromatic heterocycles. The van der Waals surface area contributed by atoms with Gasteiger partial charge < -0.3 is 10.1 Å². The van der Waals surface area contributed by atoms with Crippen molar-refractivity contribution in [1.82, 2.24) is 4.98 Å². The lowest BCUT2D eigenvalue weighted by Gasteiger charge is -2.01. The highest BCUT2D eigenvalue weighted by Gasteiger charge is 2.18. The molecule has 1 aliphatic heterocycles. The van der Waals surface area contributed by atoms with Crippen molar-refractivity contribution in [2.45, 2.75) is 6.42 Å². The van der Waals surface area contributed by atoms with Gasteiger partial charge in [-0.25, -0.2) is 4.98 Å². The number of methoxy groups -OCH3 is 1. The smallest absolute Gasteiger partial charge is 0.250 e. The van der Waals surface area contributed by atoms with Crippen LogP contribution in [0.1, 0.15) is 11.1 Å². The van der Waals surface area contributed by atoms with Gasteiger partial charge in [0.05, 0.1) is 19.2 Å². The predicted octanol–water partition coefficient (Wildman–Crippen LogP) is 3.97. The van der Waals surface area contributed by atoms with Gasteiger partial charge in [-0.1, -0.05) is 18.2 Å². The highest BCUT2D eigenvalue weighted by molar-refractivity contribution is 7.14. The Balaban J connectivity index is 1.43. The number of amides is 2. The molecule has 0 spiro atoms. The molecule has 2 heterocycles. The van der Waals surface area contributed by atoms with Crippen molar-refractivity contribution in [2.24, 2.45) is 0 Å². The first-order chi connectivity index (χ1) is 13.6. The van der Waals surface area contributed by atoms with E-state index in [1.54, 1.807) is 13.2 Å². The average Bonchev–Trinajstić information content (AvgIpc) is 3.31. The van der Waals surface area contributed by atoms with Gasteiger partial charge in [0, 0.05) is 22.7 Å². The third-order valence-electron chi connectivity index (χ3n) is 4.28. The Morgan fingerprint density at radius 1 is 1.29 bits per heavy atom. The summed E-state index contributed by atoms with van der Waals surface area (Å²) in [5.41, 5.74) is 4.36. The summed E-state index contributed by atoms with van der Waals surface area (Å²) >= 11 is 1.35. The van der Waals surface area contributed by atoms with Crippen molar-refractivity contribution < 1.29 is 14.3 Å². The summed E-state index contributed by atoms with van der Waals surface area (Å²) < 4.78 is 5.17. The average molecular weight is 391 g/mol. The molecule has 2 N–H and O–H groups in total. The lowest BCUT2D eigenvalue weighted by molar-refractivity contribution is -0.115. The van der Waals surface area contributed by atoms with Crippen molar-refractivity contribution >= 4 is 40.0 Å². The van der Waals surface area contributed by atoms with E-state index in [-0.39, 0.29) is 11.8 Å². The standard InChI is InChI=1S/C21H17N3O3S/c1-27-16-4-2-3-13(9-16)5-8-19(25)24-21-23-18(12-28-21)14-6-7-17-15(10-14)11-20(26)22-17/h2-10,12H,11H2,1H3,(H,22,26)(H,23,24,25)/b8-5+. The van der Waals surface area contributed by atoms with Crippen LogP contribution in [-0.4, -0.2) is 23.9 Å². The van der Waals surface area contributed by atoms with Crippen molar-refractivity contribution in [1.29, 1.82) is 0 Å². The second-order valence-corrected chi connectivity index (χ2v) is 7.09. The second kappa shape index (κ2) is 7.66. The third kappa shape index (κ3) is 3.94. The van der Waals surface area contributed by atoms with Crippen molar-refractivity contribution in [3.63, 3.8) is 0 Å². The molecule has 1 aliphatic rings. The Hall–Kier alpha value is -3.45. The van der Waals surface area contributed by atoms with Gasteiger partial charge in [0.1, 0.15) is 5.75 Å². The number of ether oxygens (including phenoxy) is 1. The zero-order valence-electron chi connectivity index (χ0n) is 15.1. The minimum absolute atomic E-state index is 0.00111. The minimum Gasteiger partial charge on any atom is -0.497 e. The van der Waals surface area contributed by atoms with E-state index >= 15 is 0 Å². The van der Waals surface area contributed by atoms with Gasteiger partial charge in [-0.2, -0.15) is 0 Å². The monoisotopic (exact) mass is 391 g/mol. The summed E-state index contributed by atoms with van der Waals surface area (Å²) in [4.78, 5) is 28.1. The van der Waals surface area contributed by atoms with E-state index in [1.165, 1.54) is 17.4 Å². The molecule has 7 heteroatoms. The topological polar surface area (TPSA) is 80.3 Å². The number of fused-ring (bicyclic) bond motifs is 1. The van der Waals surface area contributed by atoms with Crippen LogP contribution in [0.2, 0.25) is 0 Å². The fraction of sp³-hybridized carbons (Fsp3) is 0.0952. The minimum atomic E-state index is -0.257. The van der Waals surface area contributed by atoms with Crippen LogP contribution in [0.4, 0.5) is 10.8 Å². The normalized spacial score (nSPS) is 12.7. The molecule has 0 unspecified atom stereocenters. The summed E-state index contributed by atoms with van der Waals surface area (Å²) in [6.07, 6.45) is 3.56. The summed E-state index contributed by atoms with van der Waals surface area (Å²) in [6, 6.07) is 13.2. The quantitative estimate of drug-likeness (QED) is 0.645. The van der Waals surface area contributed by atoms with Gasteiger partial charge in [-0.3, -0.25) is 14.9 Å². The van der Waals surface area contributed by atoms with Gasteiger partial charge >= 0.3 is 0 Å². The molecule has 2 aromatic carbocycles. The van der Waals surface area contributed by atoms with Crippen LogP contribution >= 0.6 is 11.3 Å². The largest absolute Gasteiger partial charge is 0.497 e. The molecule has 0 radical (unpaired) electrons. The Morgan fingerprint density at radius 2 is 2.18 bits per heavy atom. The number of anilines is 2. The molecule has 28 heavy (non-hydrogen) atoms. The van der Waals surface area contributed by atoms with Crippen LogP contribution in [0.15, 0.2) is 53.9 Å². The number of aromatic nitrogens is 1. The Bertz CT molecular complexity index is 1090. The lowest BCUT2D eigenvalue weighted by atomic mass is 10.1. The SMILES string of the molecule is COc1cccc(/C=C/C(=O)Nc2nc(-c3ccc4c(c3)CC(=O)N4)cs2)c1. The van der Waals surface area contributed by atoms with E-state index in [0.29, 0.717) is 11.6 Å². The van der Waals surface area contributed by atoms with Gasteiger partial charge in [-0.15, -0.1) is 11.3 Å². The second-order valence-electron chi connectivity index (χ2n) is 6.23. The number of nitrogens with one attached hydrogen (secondary N) is 2. The van der Waals surface area contributed by atoms with Gasteiger partial charge in [0.2, 0.25) is 11.8 Å². The van der Waals surface area contributed by atoms with E-state index in [9.17, 15) is 9.59 Å².